The molecule has 0 bridgehead atoms. The highest BCUT2D eigenvalue weighted by Crippen LogP contribution is 2.14. The van der Waals surface area contributed by atoms with Crippen LogP contribution in [0.15, 0.2) is 12.4 Å². The first-order chi connectivity index (χ1) is 8.42. The number of amides is 1. The quantitative estimate of drug-likeness (QED) is 0.746. The molecule has 0 aromatic carbocycles. The summed E-state index contributed by atoms with van der Waals surface area (Å²) in [5, 5.41) is 20.2. The Morgan fingerprint density at radius 1 is 1.56 bits per heavy atom. The minimum Gasteiger partial charge on any atom is -0.388 e. The van der Waals surface area contributed by atoms with Gasteiger partial charge >= 0.3 is 0 Å². The number of carbonyl (C=O) groups excluding carboxylic acids is 1. The Labute approximate surface area is 107 Å². The number of hydrogen-bond donors (Lipinski definition) is 2. The second kappa shape index (κ2) is 6.49. The first-order valence-electron chi connectivity index (χ1n) is 6.25. The normalized spacial score (nSPS) is 14.5. The van der Waals surface area contributed by atoms with Gasteiger partial charge in [-0.15, -0.1) is 5.10 Å². The molecule has 0 aliphatic carbocycles. The summed E-state index contributed by atoms with van der Waals surface area (Å²) in [6.07, 6.45) is 4.51. The molecule has 1 heterocycles. The van der Waals surface area contributed by atoms with E-state index in [1.165, 1.54) is 0 Å². The number of rotatable bonds is 7. The molecule has 0 fully saturated rings. The summed E-state index contributed by atoms with van der Waals surface area (Å²) in [6.45, 7) is 6.54. The summed E-state index contributed by atoms with van der Waals surface area (Å²) in [6, 6.07) is 0. The van der Waals surface area contributed by atoms with Crippen molar-refractivity contribution in [1.29, 1.82) is 0 Å². The third-order valence-corrected chi connectivity index (χ3v) is 3.15. The Morgan fingerprint density at radius 2 is 2.28 bits per heavy atom. The van der Waals surface area contributed by atoms with Crippen LogP contribution < -0.4 is 5.32 Å². The van der Waals surface area contributed by atoms with Crippen molar-refractivity contribution in [2.75, 3.05) is 6.54 Å². The van der Waals surface area contributed by atoms with Crippen LogP contribution >= 0.6 is 0 Å². The summed E-state index contributed by atoms with van der Waals surface area (Å²) >= 11 is 0. The lowest BCUT2D eigenvalue weighted by Crippen LogP contribution is -2.44. The number of hydrogen-bond acceptors (Lipinski definition) is 4. The third kappa shape index (κ3) is 4.83. The van der Waals surface area contributed by atoms with Gasteiger partial charge in [0.25, 0.3) is 0 Å². The molecule has 2 N–H and O–H groups in total. The van der Waals surface area contributed by atoms with Gasteiger partial charge in [-0.05, 0) is 19.3 Å². The number of nitrogens with one attached hydrogen (secondary N) is 1. The van der Waals surface area contributed by atoms with Gasteiger partial charge in [0.05, 0.1) is 11.8 Å². The minimum absolute atomic E-state index is 0.0453. The first kappa shape index (κ1) is 14.6. The number of aromatic nitrogens is 3. The smallest absolute Gasteiger partial charge is 0.220 e. The van der Waals surface area contributed by atoms with Crippen LogP contribution in [0.1, 0.15) is 33.6 Å². The predicted octanol–water partition coefficient (Wildman–Crippen LogP) is 0.581. The molecule has 0 aliphatic heterocycles. The Bertz CT molecular complexity index is 360. The van der Waals surface area contributed by atoms with Gasteiger partial charge in [0, 0.05) is 25.7 Å². The van der Waals surface area contributed by atoms with E-state index in [0.717, 1.165) is 0 Å². The Morgan fingerprint density at radius 3 is 2.83 bits per heavy atom. The van der Waals surface area contributed by atoms with Gasteiger partial charge in [-0.2, -0.15) is 0 Å². The molecule has 1 rings (SSSR count). The van der Waals surface area contributed by atoms with Gasteiger partial charge in [0.2, 0.25) is 5.91 Å². The summed E-state index contributed by atoms with van der Waals surface area (Å²) in [4.78, 5) is 11.6. The Hall–Kier alpha value is -1.43. The molecule has 6 heteroatoms. The van der Waals surface area contributed by atoms with Crippen LogP contribution in [-0.4, -0.2) is 38.2 Å². The lowest BCUT2D eigenvalue weighted by Gasteiger charge is -2.27. The van der Waals surface area contributed by atoms with E-state index in [-0.39, 0.29) is 18.4 Å². The van der Waals surface area contributed by atoms with E-state index in [1.54, 1.807) is 24.0 Å². The second-order valence-electron chi connectivity index (χ2n) is 5.06. The summed E-state index contributed by atoms with van der Waals surface area (Å²) in [5.41, 5.74) is -0.860. The third-order valence-electron chi connectivity index (χ3n) is 3.15. The number of nitrogens with zero attached hydrogens (tertiary/aromatic N) is 3. The molecule has 18 heavy (non-hydrogen) atoms. The monoisotopic (exact) mass is 254 g/mol. The van der Waals surface area contributed by atoms with Crippen LogP contribution in [0.3, 0.4) is 0 Å². The van der Waals surface area contributed by atoms with Crippen molar-refractivity contribution in [3.8, 4) is 0 Å². The molecule has 0 spiro atoms. The van der Waals surface area contributed by atoms with E-state index in [1.807, 2.05) is 13.8 Å². The lowest BCUT2D eigenvalue weighted by molar-refractivity contribution is -0.122. The maximum atomic E-state index is 11.6. The molecular weight excluding hydrogens is 232 g/mol. The number of aliphatic hydroxyl groups is 1. The molecular formula is C12H22N4O2. The number of carbonyl (C=O) groups is 1. The van der Waals surface area contributed by atoms with Crippen molar-refractivity contribution >= 4 is 5.91 Å². The molecule has 1 aromatic heterocycles. The average molecular weight is 254 g/mol. The highest BCUT2D eigenvalue weighted by atomic mass is 16.3. The minimum atomic E-state index is -0.860. The van der Waals surface area contributed by atoms with Crippen molar-refractivity contribution in [3.05, 3.63) is 12.4 Å². The Kier molecular flexibility index (Phi) is 5.27. The van der Waals surface area contributed by atoms with Gasteiger partial charge in [-0.1, -0.05) is 19.1 Å². The number of aryl methyl sites for hydroxylation is 1. The lowest BCUT2D eigenvalue weighted by atomic mass is 9.92. The molecule has 0 radical (unpaired) electrons. The van der Waals surface area contributed by atoms with Gasteiger partial charge in [-0.25, -0.2) is 0 Å². The molecule has 1 amide bonds. The Balaban J connectivity index is 2.18. The average Bonchev–Trinajstić information content (AvgIpc) is 2.79. The zero-order valence-corrected chi connectivity index (χ0v) is 11.3. The molecule has 1 unspecified atom stereocenters. The van der Waals surface area contributed by atoms with Crippen LogP contribution in [0.4, 0.5) is 0 Å². The van der Waals surface area contributed by atoms with Gasteiger partial charge in [0.1, 0.15) is 0 Å². The maximum absolute atomic E-state index is 11.6. The van der Waals surface area contributed by atoms with Crippen LogP contribution in [0.2, 0.25) is 0 Å². The van der Waals surface area contributed by atoms with E-state index in [2.05, 4.69) is 15.6 Å². The van der Waals surface area contributed by atoms with E-state index in [4.69, 9.17) is 0 Å². The molecule has 1 atom stereocenters. The topological polar surface area (TPSA) is 80.0 Å². The van der Waals surface area contributed by atoms with Gasteiger partial charge in [-0.3, -0.25) is 9.48 Å². The van der Waals surface area contributed by atoms with E-state index >= 15 is 0 Å². The standard InChI is InChI=1S/C12H22N4O2/c1-10(2)12(3,18)9-13-11(17)5-4-7-16-8-6-14-15-16/h6,8,10,18H,4-5,7,9H2,1-3H3,(H,13,17). The SMILES string of the molecule is CC(C)C(C)(O)CNC(=O)CCCn1ccnn1. The fourth-order valence-electron chi connectivity index (χ4n) is 1.32. The predicted molar refractivity (Wildman–Crippen MR) is 67.7 cm³/mol. The van der Waals surface area contributed by atoms with Crippen molar-refractivity contribution in [3.63, 3.8) is 0 Å². The summed E-state index contributed by atoms with van der Waals surface area (Å²) in [7, 11) is 0. The molecule has 0 aliphatic rings. The van der Waals surface area contributed by atoms with Gasteiger partial charge < -0.3 is 10.4 Å². The molecule has 102 valence electrons. The highest BCUT2D eigenvalue weighted by Gasteiger charge is 2.25. The van der Waals surface area contributed by atoms with Crippen molar-refractivity contribution in [1.82, 2.24) is 20.3 Å². The fraction of sp³-hybridized carbons (Fsp3) is 0.750. The molecule has 1 aromatic rings. The summed E-state index contributed by atoms with van der Waals surface area (Å²) in [5.74, 6) is 0.0592. The van der Waals surface area contributed by atoms with E-state index in [9.17, 15) is 9.90 Å². The van der Waals surface area contributed by atoms with Crippen molar-refractivity contribution < 1.29 is 9.90 Å². The van der Waals surface area contributed by atoms with Crippen molar-refractivity contribution in [2.24, 2.45) is 5.92 Å². The van der Waals surface area contributed by atoms with Crippen LogP contribution in [-0.2, 0) is 11.3 Å². The van der Waals surface area contributed by atoms with Crippen LogP contribution in [0, 0.1) is 5.92 Å². The molecule has 0 saturated carbocycles. The first-order valence-corrected chi connectivity index (χ1v) is 6.25. The molecule has 0 saturated heterocycles. The molecule has 6 nitrogen and oxygen atoms in total. The van der Waals surface area contributed by atoms with Gasteiger partial charge in [0.15, 0.2) is 0 Å². The second-order valence-corrected chi connectivity index (χ2v) is 5.06. The highest BCUT2D eigenvalue weighted by molar-refractivity contribution is 5.75. The zero-order chi connectivity index (χ0) is 13.6. The fourth-order valence-corrected chi connectivity index (χ4v) is 1.32. The van der Waals surface area contributed by atoms with Crippen LogP contribution in [0.25, 0.3) is 0 Å². The van der Waals surface area contributed by atoms with E-state index in [0.29, 0.717) is 19.4 Å². The van der Waals surface area contributed by atoms with Crippen molar-refractivity contribution in [2.45, 2.75) is 45.8 Å². The largest absolute Gasteiger partial charge is 0.388 e. The zero-order valence-electron chi connectivity index (χ0n) is 11.3. The van der Waals surface area contributed by atoms with Crippen LogP contribution in [0.5, 0.6) is 0 Å². The van der Waals surface area contributed by atoms with E-state index < -0.39 is 5.60 Å². The summed E-state index contributed by atoms with van der Waals surface area (Å²) < 4.78 is 1.69. The maximum Gasteiger partial charge on any atom is 0.220 e.